The fourth-order valence-electron chi connectivity index (χ4n) is 4.42. The van der Waals surface area contributed by atoms with Crippen LogP contribution >= 0.6 is 7.82 Å². The maximum atomic E-state index is 12.5. The van der Waals surface area contributed by atoms with E-state index in [1.165, 1.54) is 12.8 Å². The van der Waals surface area contributed by atoms with Gasteiger partial charge in [-0.1, -0.05) is 119 Å². The molecule has 0 amide bonds. The zero-order valence-corrected chi connectivity index (χ0v) is 32.2. The maximum Gasteiger partial charge on any atom is 0.472 e. The largest absolute Gasteiger partial charge is 0.472 e. The molecular weight excluding hydrogens is 671 g/mol. The Morgan fingerprint density at radius 2 is 1.10 bits per heavy atom. The molecule has 0 aromatic carbocycles. The lowest BCUT2D eigenvalue weighted by Crippen LogP contribution is -2.29. The maximum absolute atomic E-state index is 12.5. The van der Waals surface area contributed by atoms with Gasteiger partial charge in [0.1, 0.15) is 12.7 Å². The van der Waals surface area contributed by atoms with Gasteiger partial charge in [-0.3, -0.25) is 18.6 Å². The molecule has 0 saturated heterocycles. The number of phosphoric acid groups is 1. The number of carbonyl (C=O) groups excluding carboxylic acids is 2. The molecule has 11 heteroatoms. The number of aliphatic hydroxyl groups is 2. The summed E-state index contributed by atoms with van der Waals surface area (Å²) in [5.74, 6) is -1.01. The summed E-state index contributed by atoms with van der Waals surface area (Å²) in [4.78, 5) is 34.8. The highest BCUT2D eigenvalue weighted by Gasteiger charge is 2.27. The minimum atomic E-state index is -4.63. The predicted octanol–water partition coefficient (Wildman–Crippen LogP) is 9.33. The first-order valence-electron chi connectivity index (χ1n) is 18.9. The molecule has 3 N–H and O–H groups in total. The Bertz CT molecular complexity index is 1080. The lowest BCUT2D eigenvalue weighted by atomic mass is 10.1. The summed E-state index contributed by atoms with van der Waals surface area (Å²) in [6, 6.07) is 0. The first-order chi connectivity index (χ1) is 24.7. The Hall–Kier alpha value is -2.59. The number of hydrogen-bond donors (Lipinski definition) is 3. The summed E-state index contributed by atoms with van der Waals surface area (Å²) in [5, 5.41) is 18.3. The Morgan fingerprint density at radius 1 is 0.608 bits per heavy atom. The molecule has 3 atom stereocenters. The van der Waals surface area contributed by atoms with E-state index >= 15 is 0 Å². The number of rotatable bonds is 34. The summed E-state index contributed by atoms with van der Waals surface area (Å²) in [6.07, 6.45) is 38.8. The van der Waals surface area contributed by atoms with Crippen LogP contribution in [0.3, 0.4) is 0 Å². The van der Waals surface area contributed by atoms with Crippen molar-refractivity contribution in [3.63, 3.8) is 0 Å². The fraction of sp³-hybridized carbons (Fsp3) is 0.650. The predicted molar refractivity (Wildman–Crippen MR) is 205 cm³/mol. The lowest BCUT2D eigenvalue weighted by Gasteiger charge is -2.20. The van der Waals surface area contributed by atoms with Crippen LogP contribution in [0.1, 0.15) is 129 Å². The number of aliphatic hydroxyl groups excluding tert-OH is 2. The number of allylic oxidation sites excluding steroid dienone is 12. The van der Waals surface area contributed by atoms with E-state index in [-0.39, 0.29) is 19.4 Å². The van der Waals surface area contributed by atoms with Crippen molar-refractivity contribution in [3.8, 4) is 0 Å². The number of hydrogen-bond acceptors (Lipinski definition) is 9. The van der Waals surface area contributed by atoms with Crippen molar-refractivity contribution >= 4 is 19.8 Å². The average molecular weight is 739 g/mol. The molecule has 0 aliphatic rings. The Balaban J connectivity index is 4.51. The van der Waals surface area contributed by atoms with Gasteiger partial charge < -0.3 is 24.6 Å². The molecule has 0 aromatic rings. The smallest absolute Gasteiger partial charge is 0.462 e. The van der Waals surface area contributed by atoms with Crippen molar-refractivity contribution in [1.82, 2.24) is 0 Å². The van der Waals surface area contributed by atoms with Crippen LogP contribution in [0.25, 0.3) is 0 Å². The monoisotopic (exact) mass is 738 g/mol. The molecule has 0 saturated carbocycles. The van der Waals surface area contributed by atoms with E-state index in [4.69, 9.17) is 19.1 Å². The number of unbranched alkanes of at least 4 members (excludes halogenated alkanes) is 8. The van der Waals surface area contributed by atoms with E-state index in [9.17, 15) is 24.2 Å². The SMILES string of the molecule is CC/C=C\C/C=C\C/C=C\C/C=C\C/C=C\CCCC(=O)O[C@H](COC(=O)CCCCCCC/C=C\CCCC)COP(=O)(O)OC[C@@H](O)CO. The van der Waals surface area contributed by atoms with Crippen LogP contribution in [0.5, 0.6) is 0 Å². The Labute approximate surface area is 308 Å². The molecule has 0 heterocycles. The summed E-state index contributed by atoms with van der Waals surface area (Å²) >= 11 is 0. The number of phosphoric ester groups is 1. The van der Waals surface area contributed by atoms with Gasteiger partial charge >= 0.3 is 19.8 Å². The van der Waals surface area contributed by atoms with Crippen molar-refractivity contribution in [2.75, 3.05) is 26.4 Å². The number of esters is 2. The summed E-state index contributed by atoms with van der Waals surface area (Å²) < 4.78 is 32.5. The Kier molecular flexibility index (Phi) is 34.0. The minimum absolute atomic E-state index is 0.100. The van der Waals surface area contributed by atoms with Gasteiger partial charge in [0.2, 0.25) is 0 Å². The molecule has 51 heavy (non-hydrogen) atoms. The molecule has 0 aliphatic heterocycles. The van der Waals surface area contributed by atoms with Crippen molar-refractivity contribution in [3.05, 3.63) is 72.9 Å². The van der Waals surface area contributed by atoms with Crippen LogP contribution < -0.4 is 0 Å². The molecule has 0 fully saturated rings. The molecule has 10 nitrogen and oxygen atoms in total. The average Bonchev–Trinajstić information content (AvgIpc) is 3.12. The van der Waals surface area contributed by atoms with E-state index in [1.807, 2.05) is 12.2 Å². The van der Waals surface area contributed by atoms with Gasteiger partial charge in [0.05, 0.1) is 19.8 Å². The van der Waals surface area contributed by atoms with Crippen molar-refractivity contribution in [2.45, 2.75) is 142 Å². The molecule has 0 aromatic heterocycles. The van der Waals surface area contributed by atoms with Gasteiger partial charge in [0.25, 0.3) is 0 Å². The summed E-state index contributed by atoms with van der Waals surface area (Å²) in [5.41, 5.74) is 0. The topological polar surface area (TPSA) is 149 Å². The first kappa shape index (κ1) is 48.4. The summed E-state index contributed by atoms with van der Waals surface area (Å²) in [7, 11) is -4.63. The highest BCUT2D eigenvalue weighted by atomic mass is 31.2. The van der Waals surface area contributed by atoms with Gasteiger partial charge in [0.15, 0.2) is 6.10 Å². The van der Waals surface area contributed by atoms with Gasteiger partial charge in [-0.25, -0.2) is 4.57 Å². The second-order valence-electron chi connectivity index (χ2n) is 12.2. The fourth-order valence-corrected chi connectivity index (χ4v) is 5.21. The molecule has 0 bridgehead atoms. The van der Waals surface area contributed by atoms with Crippen LogP contribution in [0, 0.1) is 0 Å². The standard InChI is InChI=1S/C40H67O10P/c1-3-5-7-9-11-13-15-16-17-18-19-20-22-24-26-28-30-32-40(44)50-38(36-49-51(45,46)48-34-37(42)33-41)35-47-39(43)31-29-27-25-23-21-14-12-10-8-6-4-2/h5,7,10-13,16-17,19-20,24,26,37-38,41-42H,3-4,6,8-9,14-15,18,21-23,25,27-36H2,1-2H3,(H,45,46)/b7-5-,12-10-,13-11-,17-16-,20-19-,26-24-/t37-,38+/m0/s1. The van der Waals surface area contributed by atoms with Crippen LogP contribution in [0.15, 0.2) is 72.9 Å². The summed E-state index contributed by atoms with van der Waals surface area (Å²) in [6.45, 7) is 2.11. The van der Waals surface area contributed by atoms with E-state index in [0.29, 0.717) is 19.3 Å². The van der Waals surface area contributed by atoms with Crippen LogP contribution in [-0.4, -0.2) is 65.7 Å². The van der Waals surface area contributed by atoms with E-state index < -0.39 is 51.8 Å². The van der Waals surface area contributed by atoms with Crippen molar-refractivity contribution < 1.29 is 47.8 Å². The molecule has 0 radical (unpaired) electrons. The molecule has 292 valence electrons. The van der Waals surface area contributed by atoms with E-state index in [2.05, 4.69) is 79.1 Å². The van der Waals surface area contributed by atoms with Crippen molar-refractivity contribution in [1.29, 1.82) is 0 Å². The quantitative estimate of drug-likeness (QED) is 0.0252. The van der Waals surface area contributed by atoms with E-state index in [1.54, 1.807) is 0 Å². The zero-order chi connectivity index (χ0) is 37.7. The Morgan fingerprint density at radius 3 is 1.71 bits per heavy atom. The molecule has 0 rings (SSSR count). The first-order valence-corrected chi connectivity index (χ1v) is 20.4. The highest BCUT2D eigenvalue weighted by molar-refractivity contribution is 7.47. The lowest BCUT2D eigenvalue weighted by molar-refractivity contribution is -0.161. The van der Waals surface area contributed by atoms with Crippen LogP contribution in [0.4, 0.5) is 0 Å². The van der Waals surface area contributed by atoms with Crippen LogP contribution in [-0.2, 0) is 32.7 Å². The van der Waals surface area contributed by atoms with E-state index in [0.717, 1.165) is 70.6 Å². The van der Waals surface area contributed by atoms with Crippen molar-refractivity contribution in [2.24, 2.45) is 0 Å². The highest BCUT2D eigenvalue weighted by Crippen LogP contribution is 2.43. The molecule has 1 unspecified atom stereocenters. The third-order valence-electron chi connectivity index (χ3n) is 7.34. The minimum Gasteiger partial charge on any atom is -0.462 e. The molecule has 0 spiro atoms. The van der Waals surface area contributed by atoms with Gasteiger partial charge in [0, 0.05) is 12.8 Å². The number of carbonyl (C=O) groups is 2. The van der Waals surface area contributed by atoms with Gasteiger partial charge in [-0.15, -0.1) is 0 Å². The second kappa shape index (κ2) is 35.8. The molecule has 0 aliphatic carbocycles. The normalized spacial score (nSPS) is 14.8. The third kappa shape index (κ3) is 35.6. The van der Waals surface area contributed by atoms with Gasteiger partial charge in [-0.2, -0.15) is 0 Å². The number of ether oxygens (including phenoxy) is 2. The second-order valence-corrected chi connectivity index (χ2v) is 13.7. The van der Waals surface area contributed by atoms with Gasteiger partial charge in [-0.05, 0) is 70.6 Å². The molecular formula is C40H67O10P. The third-order valence-corrected chi connectivity index (χ3v) is 8.30. The van der Waals surface area contributed by atoms with Crippen LogP contribution in [0.2, 0.25) is 0 Å². The zero-order valence-electron chi connectivity index (χ0n) is 31.3.